The first-order chi connectivity index (χ1) is 18.6. The summed E-state index contributed by atoms with van der Waals surface area (Å²) >= 11 is 0. The molecule has 0 radical (unpaired) electrons. The van der Waals surface area contributed by atoms with Crippen LogP contribution in [0.1, 0.15) is 29.5 Å². The third-order valence-electron chi connectivity index (χ3n) is 6.03. The van der Waals surface area contributed by atoms with E-state index in [1.807, 2.05) is 6.07 Å². The average molecular weight is 560 g/mol. The molecule has 204 valence electrons. The van der Waals surface area contributed by atoms with Gasteiger partial charge in [-0.15, -0.1) is 13.2 Å². The number of halogens is 3. The Labute approximate surface area is 223 Å². The second kappa shape index (κ2) is 11.8. The van der Waals surface area contributed by atoms with Crippen molar-refractivity contribution in [2.24, 2.45) is 0 Å². The Balaban J connectivity index is 1.35. The number of nitrogens with zero attached hydrogens (tertiary/aromatic N) is 2. The molecule has 1 aliphatic heterocycles. The van der Waals surface area contributed by atoms with Crippen LogP contribution in [0.5, 0.6) is 11.5 Å². The minimum absolute atomic E-state index is 0.0194. The number of rotatable bonds is 9. The lowest BCUT2D eigenvalue weighted by atomic mass is 10.2. The number of nitriles is 1. The predicted molar refractivity (Wildman–Crippen MR) is 134 cm³/mol. The van der Waals surface area contributed by atoms with Crippen molar-refractivity contribution in [2.75, 3.05) is 6.54 Å². The predicted octanol–water partition coefficient (Wildman–Crippen LogP) is 4.51. The van der Waals surface area contributed by atoms with Gasteiger partial charge in [0.25, 0.3) is 0 Å². The normalized spacial score (nSPS) is 15.9. The summed E-state index contributed by atoms with van der Waals surface area (Å²) in [5.74, 6) is -0.291. The number of carbonyl (C=O) groups is 1. The first kappa shape index (κ1) is 27.9. The van der Waals surface area contributed by atoms with E-state index in [9.17, 15) is 31.6 Å². The molecule has 1 fully saturated rings. The molecule has 12 heteroatoms. The van der Waals surface area contributed by atoms with E-state index in [4.69, 9.17) is 4.74 Å². The Morgan fingerprint density at radius 3 is 2.49 bits per heavy atom. The van der Waals surface area contributed by atoms with Crippen molar-refractivity contribution in [3.63, 3.8) is 0 Å². The lowest BCUT2D eigenvalue weighted by molar-refractivity contribution is -0.274. The van der Waals surface area contributed by atoms with Crippen LogP contribution in [0, 0.1) is 11.3 Å². The lowest BCUT2D eigenvalue weighted by Crippen LogP contribution is -2.45. The number of hydrogen-bond acceptors (Lipinski definition) is 6. The highest BCUT2D eigenvalue weighted by atomic mass is 32.2. The van der Waals surface area contributed by atoms with E-state index in [1.54, 1.807) is 30.3 Å². The maximum atomic E-state index is 13.2. The average Bonchev–Trinajstić information content (AvgIpc) is 3.42. The van der Waals surface area contributed by atoms with Gasteiger partial charge >= 0.3 is 6.36 Å². The van der Waals surface area contributed by atoms with E-state index >= 15 is 0 Å². The topological polar surface area (TPSA) is 109 Å². The number of hydrogen-bond donors (Lipinski definition) is 1. The largest absolute Gasteiger partial charge is 0.573 e. The van der Waals surface area contributed by atoms with Crippen LogP contribution in [-0.4, -0.2) is 37.6 Å². The second-order valence-electron chi connectivity index (χ2n) is 8.73. The fraction of sp³-hybridized carbons (Fsp3) is 0.259. The fourth-order valence-corrected chi connectivity index (χ4v) is 6.01. The van der Waals surface area contributed by atoms with Gasteiger partial charge < -0.3 is 14.8 Å². The van der Waals surface area contributed by atoms with E-state index < -0.39 is 28.3 Å². The molecule has 8 nitrogen and oxygen atoms in total. The number of sulfonamides is 1. The quantitative estimate of drug-likeness (QED) is 0.414. The number of nitrogens with one attached hydrogen (secondary N) is 1. The van der Waals surface area contributed by atoms with E-state index in [-0.39, 0.29) is 35.9 Å². The van der Waals surface area contributed by atoms with Crippen LogP contribution >= 0.6 is 0 Å². The maximum Gasteiger partial charge on any atom is 0.573 e. The van der Waals surface area contributed by atoms with Crippen LogP contribution in [0.2, 0.25) is 0 Å². The zero-order valence-electron chi connectivity index (χ0n) is 20.5. The van der Waals surface area contributed by atoms with Gasteiger partial charge in [0.15, 0.2) is 0 Å². The zero-order chi connectivity index (χ0) is 28.0. The monoisotopic (exact) mass is 559 g/mol. The summed E-state index contributed by atoms with van der Waals surface area (Å²) in [6, 6.07) is 19.1. The summed E-state index contributed by atoms with van der Waals surface area (Å²) in [5, 5.41) is 12.1. The van der Waals surface area contributed by atoms with Crippen LogP contribution in [0.25, 0.3) is 0 Å². The number of ether oxygens (including phenoxy) is 2. The van der Waals surface area contributed by atoms with Gasteiger partial charge in [-0.1, -0.05) is 36.4 Å². The van der Waals surface area contributed by atoms with E-state index in [2.05, 4.69) is 10.1 Å². The molecule has 1 saturated heterocycles. The Bertz CT molecular complexity index is 1470. The number of carbonyl (C=O) groups excluding carboxylic acids is 1. The molecule has 1 atom stereocenters. The number of alkyl halides is 3. The molecule has 0 spiro atoms. The molecule has 0 aromatic heterocycles. The molecular weight excluding hydrogens is 535 g/mol. The molecule has 1 N–H and O–H groups in total. The van der Waals surface area contributed by atoms with Gasteiger partial charge in [-0.05, 0) is 60.4 Å². The summed E-state index contributed by atoms with van der Waals surface area (Å²) in [6.45, 7) is 0.396. The van der Waals surface area contributed by atoms with Gasteiger partial charge in [-0.3, -0.25) is 4.79 Å². The van der Waals surface area contributed by atoms with Gasteiger partial charge in [-0.2, -0.15) is 9.57 Å². The van der Waals surface area contributed by atoms with Gasteiger partial charge in [0.2, 0.25) is 15.9 Å². The Morgan fingerprint density at radius 1 is 1.03 bits per heavy atom. The molecule has 0 aliphatic carbocycles. The molecule has 1 heterocycles. The third kappa shape index (κ3) is 7.07. The van der Waals surface area contributed by atoms with Crippen molar-refractivity contribution in [1.29, 1.82) is 5.26 Å². The van der Waals surface area contributed by atoms with Crippen molar-refractivity contribution in [3.05, 3.63) is 89.5 Å². The van der Waals surface area contributed by atoms with Crippen molar-refractivity contribution < 1.29 is 35.9 Å². The molecule has 39 heavy (non-hydrogen) atoms. The highest BCUT2D eigenvalue weighted by molar-refractivity contribution is 7.89. The molecule has 0 unspecified atom stereocenters. The van der Waals surface area contributed by atoms with E-state index in [0.717, 1.165) is 4.31 Å². The van der Waals surface area contributed by atoms with Crippen LogP contribution in [0.3, 0.4) is 0 Å². The molecule has 0 bridgehead atoms. The molecule has 1 amide bonds. The summed E-state index contributed by atoms with van der Waals surface area (Å²) < 4.78 is 74.1. The smallest absolute Gasteiger partial charge is 0.489 e. The van der Waals surface area contributed by atoms with Crippen LogP contribution in [0.15, 0.2) is 77.7 Å². The summed E-state index contributed by atoms with van der Waals surface area (Å²) in [5.41, 5.74) is 1.35. The van der Waals surface area contributed by atoms with Crippen molar-refractivity contribution >= 4 is 15.9 Å². The Kier molecular flexibility index (Phi) is 8.42. The molecule has 1 aliphatic rings. The molecule has 3 aromatic carbocycles. The van der Waals surface area contributed by atoms with Crippen LogP contribution in [-0.2, 0) is 28.0 Å². The molecular formula is C27H24F3N3O5S. The van der Waals surface area contributed by atoms with Gasteiger partial charge in [0, 0.05) is 13.1 Å². The summed E-state index contributed by atoms with van der Waals surface area (Å²) in [6.07, 6.45) is -3.89. The highest BCUT2D eigenvalue weighted by Gasteiger charge is 2.40. The zero-order valence-corrected chi connectivity index (χ0v) is 21.3. The molecule has 0 saturated carbocycles. The molecule has 4 rings (SSSR count). The van der Waals surface area contributed by atoms with Gasteiger partial charge in [-0.25, -0.2) is 8.42 Å². The third-order valence-corrected chi connectivity index (χ3v) is 7.99. The van der Waals surface area contributed by atoms with Crippen molar-refractivity contribution in [1.82, 2.24) is 9.62 Å². The first-order valence-corrected chi connectivity index (χ1v) is 13.4. The van der Waals surface area contributed by atoms with E-state index in [0.29, 0.717) is 29.7 Å². The van der Waals surface area contributed by atoms with Crippen LogP contribution in [0.4, 0.5) is 13.2 Å². The second-order valence-corrected chi connectivity index (χ2v) is 10.6. The fourth-order valence-electron chi connectivity index (χ4n) is 4.21. The van der Waals surface area contributed by atoms with Gasteiger partial charge in [0.05, 0.1) is 10.5 Å². The highest BCUT2D eigenvalue weighted by Crippen LogP contribution is 2.28. The SMILES string of the molecule is N#Cc1ccccc1S(=O)(=O)N1CCC[C@H]1C(=O)NCc1cccc(OCc2ccc(OC(F)(F)F)cc2)c1. The van der Waals surface area contributed by atoms with Gasteiger partial charge in [0.1, 0.15) is 30.2 Å². The maximum absolute atomic E-state index is 13.2. The number of benzene rings is 3. The lowest BCUT2D eigenvalue weighted by Gasteiger charge is -2.24. The minimum atomic E-state index is -4.76. The standard InChI is InChI=1S/C27H24F3N3O5S/c28-27(29,30)38-22-12-10-19(11-13-22)18-37-23-7-3-5-20(15-23)17-32-26(34)24-8-4-14-33(24)39(35,36)25-9-2-1-6-21(25)16-31/h1-3,5-7,9-13,15,24H,4,8,14,17-18H2,(H,32,34)/t24-/m0/s1. The van der Waals surface area contributed by atoms with Crippen LogP contribution < -0.4 is 14.8 Å². The van der Waals surface area contributed by atoms with Crippen molar-refractivity contribution in [2.45, 2.75) is 43.3 Å². The Hall–Kier alpha value is -4.08. The summed E-state index contributed by atoms with van der Waals surface area (Å²) in [7, 11) is -4.04. The summed E-state index contributed by atoms with van der Waals surface area (Å²) in [4.78, 5) is 12.9. The number of amides is 1. The minimum Gasteiger partial charge on any atom is -0.489 e. The first-order valence-electron chi connectivity index (χ1n) is 11.9. The Morgan fingerprint density at radius 2 is 1.77 bits per heavy atom. The molecule has 3 aromatic rings. The van der Waals surface area contributed by atoms with E-state index in [1.165, 1.54) is 42.5 Å². The van der Waals surface area contributed by atoms with Crippen molar-refractivity contribution in [3.8, 4) is 17.6 Å².